The number of carbonyl (C=O) groups is 1. The number of hydrogen-bond donors (Lipinski definition) is 0. The van der Waals surface area contributed by atoms with E-state index in [4.69, 9.17) is 0 Å². The summed E-state index contributed by atoms with van der Waals surface area (Å²) in [6.07, 6.45) is 6.45. The lowest BCUT2D eigenvalue weighted by Gasteiger charge is -2.39. The number of rotatable bonds is 4. The molecule has 0 bridgehead atoms. The summed E-state index contributed by atoms with van der Waals surface area (Å²) < 4.78 is 13.0. The fourth-order valence-corrected chi connectivity index (χ4v) is 3.82. The third kappa shape index (κ3) is 4.12. The molecule has 3 heteroatoms. The number of aromatic nitrogens is 1. The Bertz CT molecular complexity index is 484. The van der Waals surface area contributed by atoms with Crippen molar-refractivity contribution >= 4 is 5.78 Å². The first-order valence-corrected chi connectivity index (χ1v) is 7.50. The van der Waals surface area contributed by atoms with Crippen LogP contribution in [-0.2, 0) is 0 Å². The number of Topliss-reactive ketones (excluding diaryl/α,β-unsaturated/α-hetero) is 1. The van der Waals surface area contributed by atoms with E-state index >= 15 is 0 Å². The van der Waals surface area contributed by atoms with Gasteiger partial charge in [-0.3, -0.25) is 4.79 Å². The highest BCUT2D eigenvalue weighted by Crippen LogP contribution is 2.43. The van der Waals surface area contributed by atoms with Crippen molar-refractivity contribution in [2.45, 2.75) is 52.9 Å². The molecule has 20 heavy (non-hydrogen) atoms. The highest BCUT2D eigenvalue weighted by molar-refractivity contribution is 5.95. The van der Waals surface area contributed by atoms with Crippen LogP contribution >= 0.6 is 0 Å². The van der Waals surface area contributed by atoms with Gasteiger partial charge in [0.2, 0.25) is 5.95 Å². The predicted octanol–water partition coefficient (Wildman–Crippen LogP) is 4.65. The zero-order chi connectivity index (χ0) is 14.8. The van der Waals surface area contributed by atoms with Crippen molar-refractivity contribution in [3.05, 3.63) is 29.8 Å². The van der Waals surface area contributed by atoms with E-state index in [9.17, 15) is 9.18 Å². The third-order valence-corrected chi connectivity index (χ3v) is 4.31. The second-order valence-electron chi connectivity index (χ2n) is 7.11. The summed E-state index contributed by atoms with van der Waals surface area (Å²) in [6.45, 7) is 6.93. The topological polar surface area (TPSA) is 30.0 Å². The first kappa shape index (κ1) is 15.1. The van der Waals surface area contributed by atoms with Crippen LogP contribution < -0.4 is 0 Å². The average Bonchev–Trinajstić information content (AvgIpc) is 2.33. The summed E-state index contributed by atoms with van der Waals surface area (Å²) in [5, 5.41) is 0. The van der Waals surface area contributed by atoms with Crippen LogP contribution in [0.2, 0.25) is 0 Å². The summed E-state index contributed by atoms with van der Waals surface area (Å²) in [7, 11) is 0. The first-order valence-electron chi connectivity index (χ1n) is 7.50. The standard InChI is InChI=1S/C17H24FNO/c1-12-8-13(11-17(2,3)10-12)4-5-15(20)14-6-7-19-16(18)9-14/h6-7,9,12-13H,4-5,8,10-11H2,1-3H3. The Labute approximate surface area is 120 Å². The molecule has 110 valence electrons. The zero-order valence-corrected chi connectivity index (χ0v) is 12.7. The summed E-state index contributed by atoms with van der Waals surface area (Å²) in [5.41, 5.74) is 0.828. The van der Waals surface area contributed by atoms with Gasteiger partial charge in [-0.25, -0.2) is 4.98 Å². The molecule has 0 N–H and O–H groups in total. The Morgan fingerprint density at radius 1 is 1.45 bits per heavy atom. The van der Waals surface area contributed by atoms with Crippen LogP contribution in [0.4, 0.5) is 4.39 Å². The molecule has 1 heterocycles. The van der Waals surface area contributed by atoms with E-state index in [-0.39, 0.29) is 5.78 Å². The van der Waals surface area contributed by atoms with E-state index in [0.29, 0.717) is 23.3 Å². The van der Waals surface area contributed by atoms with E-state index in [1.54, 1.807) is 6.07 Å². The fourth-order valence-electron chi connectivity index (χ4n) is 3.82. The molecule has 0 spiro atoms. The van der Waals surface area contributed by atoms with Crippen LogP contribution in [-0.4, -0.2) is 10.8 Å². The maximum absolute atomic E-state index is 13.0. The van der Waals surface area contributed by atoms with Crippen molar-refractivity contribution in [3.8, 4) is 0 Å². The number of halogens is 1. The van der Waals surface area contributed by atoms with Crippen molar-refractivity contribution in [1.82, 2.24) is 4.98 Å². The van der Waals surface area contributed by atoms with E-state index in [1.165, 1.54) is 31.5 Å². The quantitative estimate of drug-likeness (QED) is 0.592. The van der Waals surface area contributed by atoms with Crippen LogP contribution in [0.5, 0.6) is 0 Å². The van der Waals surface area contributed by atoms with E-state index in [2.05, 4.69) is 25.8 Å². The molecule has 1 aliphatic carbocycles. The predicted molar refractivity (Wildman–Crippen MR) is 78.0 cm³/mol. The Hall–Kier alpha value is -1.25. The molecular formula is C17H24FNO. The Kier molecular flexibility index (Phi) is 4.56. The van der Waals surface area contributed by atoms with Gasteiger partial charge in [0, 0.05) is 24.2 Å². The number of nitrogens with zero attached hydrogens (tertiary/aromatic N) is 1. The highest BCUT2D eigenvalue weighted by Gasteiger charge is 2.31. The lowest BCUT2D eigenvalue weighted by atomic mass is 9.67. The van der Waals surface area contributed by atoms with Gasteiger partial charge in [0.15, 0.2) is 5.78 Å². The van der Waals surface area contributed by atoms with Crippen LogP contribution in [0.1, 0.15) is 63.2 Å². The molecule has 1 saturated carbocycles. The first-order chi connectivity index (χ1) is 9.35. The molecule has 2 rings (SSSR count). The molecule has 0 saturated heterocycles. The number of pyridine rings is 1. The van der Waals surface area contributed by atoms with Crippen molar-refractivity contribution < 1.29 is 9.18 Å². The van der Waals surface area contributed by atoms with Gasteiger partial charge in [-0.1, -0.05) is 20.8 Å². The lowest BCUT2D eigenvalue weighted by Crippen LogP contribution is -2.27. The smallest absolute Gasteiger partial charge is 0.213 e. The zero-order valence-electron chi connectivity index (χ0n) is 12.7. The van der Waals surface area contributed by atoms with Crippen molar-refractivity contribution in [2.24, 2.45) is 17.3 Å². The SMILES string of the molecule is CC1CC(CCC(=O)c2ccnc(F)c2)CC(C)(C)C1. The monoisotopic (exact) mass is 277 g/mol. The normalized spacial score (nSPS) is 25.4. The minimum atomic E-state index is -0.580. The molecule has 2 atom stereocenters. The molecule has 1 aromatic heterocycles. The van der Waals surface area contributed by atoms with Crippen molar-refractivity contribution in [2.75, 3.05) is 0 Å². The third-order valence-electron chi connectivity index (χ3n) is 4.31. The van der Waals surface area contributed by atoms with Gasteiger partial charge < -0.3 is 0 Å². The van der Waals surface area contributed by atoms with Crippen molar-refractivity contribution in [3.63, 3.8) is 0 Å². The summed E-state index contributed by atoms with van der Waals surface area (Å²) in [5.74, 6) is 0.798. The van der Waals surface area contributed by atoms with Gasteiger partial charge in [0.1, 0.15) is 0 Å². The number of hydrogen-bond acceptors (Lipinski definition) is 2. The summed E-state index contributed by atoms with van der Waals surface area (Å²) >= 11 is 0. The minimum absolute atomic E-state index is 0.0299. The van der Waals surface area contributed by atoms with Crippen LogP contribution in [0.3, 0.4) is 0 Å². The van der Waals surface area contributed by atoms with Gasteiger partial charge >= 0.3 is 0 Å². The van der Waals surface area contributed by atoms with Crippen LogP contribution in [0.15, 0.2) is 18.3 Å². The van der Waals surface area contributed by atoms with E-state index in [0.717, 1.165) is 12.3 Å². The summed E-state index contributed by atoms with van der Waals surface area (Å²) in [6, 6.07) is 2.83. The largest absolute Gasteiger partial charge is 0.294 e. The molecule has 1 aliphatic rings. The van der Waals surface area contributed by atoms with Gasteiger partial charge in [-0.05, 0) is 49.0 Å². The fraction of sp³-hybridized carbons (Fsp3) is 0.647. The highest BCUT2D eigenvalue weighted by atomic mass is 19.1. The molecule has 2 nitrogen and oxygen atoms in total. The molecule has 0 amide bonds. The van der Waals surface area contributed by atoms with E-state index < -0.39 is 5.95 Å². The molecule has 2 unspecified atom stereocenters. The van der Waals surface area contributed by atoms with E-state index in [1.807, 2.05) is 0 Å². The lowest BCUT2D eigenvalue weighted by molar-refractivity contribution is 0.0929. The molecular weight excluding hydrogens is 253 g/mol. The van der Waals surface area contributed by atoms with Gasteiger partial charge in [0.25, 0.3) is 0 Å². The summed E-state index contributed by atoms with van der Waals surface area (Å²) in [4.78, 5) is 15.6. The molecule has 1 aromatic rings. The molecule has 1 fully saturated rings. The minimum Gasteiger partial charge on any atom is -0.294 e. The Morgan fingerprint density at radius 2 is 2.20 bits per heavy atom. The molecule has 0 aliphatic heterocycles. The molecule has 0 aromatic carbocycles. The van der Waals surface area contributed by atoms with Crippen LogP contribution in [0.25, 0.3) is 0 Å². The second kappa shape index (κ2) is 6.02. The Balaban J connectivity index is 1.90. The van der Waals surface area contributed by atoms with Crippen molar-refractivity contribution in [1.29, 1.82) is 0 Å². The van der Waals surface area contributed by atoms with Crippen LogP contribution in [0, 0.1) is 23.2 Å². The van der Waals surface area contributed by atoms with Gasteiger partial charge in [0.05, 0.1) is 0 Å². The average molecular weight is 277 g/mol. The maximum Gasteiger partial charge on any atom is 0.213 e. The second-order valence-corrected chi connectivity index (χ2v) is 7.11. The maximum atomic E-state index is 13.0. The molecule has 0 radical (unpaired) electrons. The number of ketones is 1. The van der Waals surface area contributed by atoms with Gasteiger partial charge in [-0.15, -0.1) is 0 Å². The number of carbonyl (C=O) groups excluding carboxylic acids is 1. The Morgan fingerprint density at radius 3 is 2.85 bits per heavy atom. The van der Waals surface area contributed by atoms with Gasteiger partial charge in [-0.2, -0.15) is 4.39 Å².